The first-order valence-corrected chi connectivity index (χ1v) is 12.3. The van der Waals surface area contributed by atoms with Gasteiger partial charge in [-0.3, -0.25) is 29.0 Å². The molecule has 0 bridgehead atoms. The lowest BCUT2D eigenvalue weighted by atomic mass is 10.0. The van der Waals surface area contributed by atoms with E-state index in [1.807, 2.05) is 0 Å². The maximum Gasteiger partial charge on any atom is 0.326 e. The van der Waals surface area contributed by atoms with Crippen molar-refractivity contribution >= 4 is 41.5 Å². The number of aliphatic imine (C=N–C) groups is 1. The molecule has 0 saturated carbocycles. The number of nitrogens with two attached hydrogens (primary N) is 4. The molecule has 1 aromatic carbocycles. The number of carbonyl (C=O) groups is 6. The van der Waals surface area contributed by atoms with Crippen LogP contribution in [0.25, 0.3) is 0 Å². The largest absolute Gasteiger partial charge is 0.481 e. The van der Waals surface area contributed by atoms with E-state index in [1.54, 1.807) is 30.3 Å². The SMILES string of the molecule is NC(=O)CC(N)C(=O)NC(CCC(=O)O)C(=O)NC(Cc1ccccc1)C(=O)NC(CCCN=C(N)N)C(=O)O. The number of hydrogen-bond donors (Lipinski definition) is 9. The van der Waals surface area contributed by atoms with Crippen molar-refractivity contribution in [3.8, 4) is 0 Å². The van der Waals surface area contributed by atoms with Crippen LogP contribution in [0.15, 0.2) is 35.3 Å². The molecule has 0 radical (unpaired) electrons. The third kappa shape index (κ3) is 13.2. The smallest absolute Gasteiger partial charge is 0.326 e. The van der Waals surface area contributed by atoms with Gasteiger partial charge in [0.05, 0.1) is 12.5 Å². The summed E-state index contributed by atoms with van der Waals surface area (Å²) in [4.78, 5) is 76.4. The normalized spacial score (nSPS) is 13.5. The van der Waals surface area contributed by atoms with Crippen LogP contribution in [-0.4, -0.2) is 82.5 Å². The summed E-state index contributed by atoms with van der Waals surface area (Å²) in [6, 6.07) is 3.04. The molecule has 0 saturated heterocycles. The van der Waals surface area contributed by atoms with Gasteiger partial charge in [-0.05, 0) is 24.8 Å². The fraction of sp³-hybridized carbons (Fsp3) is 0.458. The Hall–Kier alpha value is -4.73. The lowest BCUT2D eigenvalue weighted by Crippen LogP contribution is -2.57. The topological polar surface area (TPSA) is 295 Å². The number of amides is 4. The van der Waals surface area contributed by atoms with E-state index < -0.39 is 72.6 Å². The quantitative estimate of drug-likeness (QED) is 0.0488. The number of hydrogen-bond acceptors (Lipinski definition) is 8. The third-order valence-corrected chi connectivity index (χ3v) is 5.51. The van der Waals surface area contributed by atoms with E-state index in [1.165, 1.54) is 0 Å². The highest BCUT2D eigenvalue weighted by atomic mass is 16.4. The first-order chi connectivity index (χ1) is 18.8. The van der Waals surface area contributed by atoms with Gasteiger partial charge in [0.2, 0.25) is 23.6 Å². The summed E-state index contributed by atoms with van der Waals surface area (Å²) in [5.41, 5.74) is 21.8. The maximum atomic E-state index is 13.2. The number of primary amides is 1. The molecular weight excluding hydrogens is 528 g/mol. The highest BCUT2D eigenvalue weighted by Gasteiger charge is 2.31. The van der Waals surface area contributed by atoms with E-state index in [2.05, 4.69) is 20.9 Å². The summed E-state index contributed by atoms with van der Waals surface area (Å²) in [5, 5.41) is 25.8. The molecule has 1 aromatic rings. The van der Waals surface area contributed by atoms with Gasteiger partial charge >= 0.3 is 11.9 Å². The van der Waals surface area contributed by atoms with Crippen LogP contribution in [-0.2, 0) is 35.2 Å². The number of nitrogens with one attached hydrogen (secondary N) is 3. The molecule has 0 heterocycles. The minimum absolute atomic E-state index is 0.0150. The van der Waals surface area contributed by atoms with Crippen LogP contribution >= 0.6 is 0 Å². The average molecular weight is 565 g/mol. The molecule has 4 unspecified atom stereocenters. The molecule has 0 aliphatic carbocycles. The van der Waals surface area contributed by atoms with Crippen LogP contribution in [0.2, 0.25) is 0 Å². The Kier molecular flexibility index (Phi) is 14.1. The zero-order valence-corrected chi connectivity index (χ0v) is 21.7. The number of carboxylic acid groups (broad SMARTS) is 2. The van der Waals surface area contributed by atoms with Crippen molar-refractivity contribution in [1.82, 2.24) is 16.0 Å². The molecule has 4 atom stereocenters. The van der Waals surface area contributed by atoms with Crippen molar-refractivity contribution < 1.29 is 39.0 Å². The Balaban J connectivity index is 3.12. The standard InChI is InChI=1S/C24H36N8O8/c25-14(12-18(26)33)20(36)30-15(8-9-19(34)35)21(37)32-17(11-13-5-2-1-3-6-13)22(38)31-16(23(39)40)7-4-10-29-24(27)28/h1-3,5-6,14-17H,4,7-12,25H2,(H2,26,33)(H,30,36)(H,31,38)(H,32,37)(H,34,35)(H,39,40)(H4,27,28,29). The van der Waals surface area contributed by atoms with Crippen molar-refractivity contribution in [1.29, 1.82) is 0 Å². The van der Waals surface area contributed by atoms with Gasteiger partial charge in [-0.25, -0.2) is 4.79 Å². The van der Waals surface area contributed by atoms with Crippen molar-refractivity contribution in [3.63, 3.8) is 0 Å². The summed E-state index contributed by atoms with van der Waals surface area (Å²) < 4.78 is 0. The molecule has 40 heavy (non-hydrogen) atoms. The van der Waals surface area contributed by atoms with E-state index in [0.717, 1.165) is 0 Å². The van der Waals surface area contributed by atoms with Crippen LogP contribution in [0.1, 0.15) is 37.7 Å². The van der Waals surface area contributed by atoms with Crippen molar-refractivity contribution in [2.45, 2.75) is 62.7 Å². The Labute approximate surface area is 229 Å². The Bertz CT molecular complexity index is 1080. The average Bonchev–Trinajstić information content (AvgIpc) is 2.87. The minimum atomic E-state index is -1.44. The number of rotatable bonds is 18. The summed E-state index contributed by atoms with van der Waals surface area (Å²) >= 11 is 0. The monoisotopic (exact) mass is 564 g/mol. The molecule has 0 aromatic heterocycles. The van der Waals surface area contributed by atoms with E-state index in [9.17, 15) is 33.9 Å². The van der Waals surface area contributed by atoms with E-state index >= 15 is 0 Å². The van der Waals surface area contributed by atoms with Gasteiger partial charge in [-0.1, -0.05) is 30.3 Å². The van der Waals surface area contributed by atoms with Gasteiger partial charge in [-0.15, -0.1) is 0 Å². The highest BCUT2D eigenvalue weighted by molar-refractivity contribution is 5.95. The number of carbonyl (C=O) groups excluding carboxylic acids is 4. The van der Waals surface area contributed by atoms with Crippen LogP contribution in [0.3, 0.4) is 0 Å². The molecule has 220 valence electrons. The Morgan fingerprint density at radius 1 is 0.800 bits per heavy atom. The fourth-order valence-corrected chi connectivity index (χ4v) is 3.49. The van der Waals surface area contributed by atoms with E-state index in [4.69, 9.17) is 28.0 Å². The van der Waals surface area contributed by atoms with Gasteiger partial charge in [0.1, 0.15) is 18.1 Å². The summed E-state index contributed by atoms with van der Waals surface area (Å²) in [7, 11) is 0. The summed E-state index contributed by atoms with van der Waals surface area (Å²) in [6.07, 6.45) is -1.23. The van der Waals surface area contributed by atoms with Gasteiger partial charge in [0, 0.05) is 19.4 Å². The van der Waals surface area contributed by atoms with Crippen molar-refractivity contribution in [2.75, 3.05) is 6.54 Å². The molecule has 0 aliphatic heterocycles. The van der Waals surface area contributed by atoms with Gasteiger partial charge in [0.25, 0.3) is 0 Å². The van der Waals surface area contributed by atoms with Crippen LogP contribution in [0.5, 0.6) is 0 Å². The van der Waals surface area contributed by atoms with Gasteiger partial charge < -0.3 is 49.1 Å². The Morgan fingerprint density at radius 3 is 1.93 bits per heavy atom. The van der Waals surface area contributed by atoms with E-state index in [0.29, 0.717) is 5.56 Å². The van der Waals surface area contributed by atoms with Crippen LogP contribution in [0.4, 0.5) is 0 Å². The van der Waals surface area contributed by atoms with Crippen molar-refractivity contribution in [2.24, 2.45) is 27.9 Å². The molecule has 0 aliphatic rings. The first kappa shape index (κ1) is 33.3. The van der Waals surface area contributed by atoms with Gasteiger partial charge in [-0.2, -0.15) is 0 Å². The second-order valence-electron chi connectivity index (χ2n) is 8.87. The fourth-order valence-electron chi connectivity index (χ4n) is 3.49. The summed E-state index contributed by atoms with van der Waals surface area (Å²) in [6.45, 7) is 0.134. The summed E-state index contributed by atoms with van der Waals surface area (Å²) in [5.74, 6) is -6.28. The second-order valence-corrected chi connectivity index (χ2v) is 8.87. The predicted octanol–water partition coefficient (Wildman–Crippen LogP) is -3.11. The molecule has 4 amide bonds. The molecule has 16 nitrogen and oxygen atoms in total. The molecule has 0 fully saturated rings. The number of aliphatic carboxylic acids is 2. The zero-order chi connectivity index (χ0) is 30.2. The van der Waals surface area contributed by atoms with Crippen LogP contribution in [0, 0.1) is 0 Å². The first-order valence-electron chi connectivity index (χ1n) is 12.3. The lowest BCUT2D eigenvalue weighted by Gasteiger charge is -2.25. The van der Waals surface area contributed by atoms with Crippen LogP contribution < -0.4 is 38.9 Å². The molecule has 1 rings (SSSR count). The number of carboxylic acids is 2. The minimum Gasteiger partial charge on any atom is -0.481 e. The molecular formula is C24H36N8O8. The van der Waals surface area contributed by atoms with E-state index in [-0.39, 0.29) is 38.2 Å². The maximum absolute atomic E-state index is 13.2. The van der Waals surface area contributed by atoms with Crippen molar-refractivity contribution in [3.05, 3.63) is 35.9 Å². The molecule has 0 spiro atoms. The third-order valence-electron chi connectivity index (χ3n) is 5.51. The highest BCUT2D eigenvalue weighted by Crippen LogP contribution is 2.08. The molecule has 13 N–H and O–H groups in total. The lowest BCUT2D eigenvalue weighted by molar-refractivity contribution is -0.142. The number of guanidine groups is 1. The second kappa shape index (κ2) is 17.0. The number of nitrogens with zero attached hydrogens (tertiary/aromatic N) is 1. The molecule has 16 heteroatoms. The van der Waals surface area contributed by atoms with Gasteiger partial charge in [0.15, 0.2) is 5.96 Å². The predicted molar refractivity (Wildman–Crippen MR) is 142 cm³/mol. The zero-order valence-electron chi connectivity index (χ0n) is 21.7. The Morgan fingerprint density at radius 2 is 1.38 bits per heavy atom. The number of benzene rings is 1.